The molecule has 1 atom stereocenters. The number of halogens is 1. The first-order valence-corrected chi connectivity index (χ1v) is 11.7. The first kappa shape index (κ1) is 22.9. The molecule has 0 amide bonds. The van der Waals surface area contributed by atoms with E-state index in [1.54, 1.807) is 18.2 Å². The monoisotopic (exact) mass is 453 g/mol. The molecule has 30 heavy (non-hydrogen) atoms. The molecule has 0 bridgehead atoms. The molecule has 0 aliphatic carbocycles. The van der Waals surface area contributed by atoms with Crippen LogP contribution in [0.3, 0.4) is 0 Å². The summed E-state index contributed by atoms with van der Waals surface area (Å²) in [5, 5.41) is 11.8. The van der Waals surface area contributed by atoms with Crippen LogP contribution in [0.4, 0.5) is 0 Å². The van der Waals surface area contributed by atoms with E-state index in [9.17, 15) is 13.5 Å². The van der Waals surface area contributed by atoms with Crippen molar-refractivity contribution in [2.45, 2.75) is 43.6 Å². The van der Waals surface area contributed by atoms with Gasteiger partial charge in [-0.15, -0.1) is 0 Å². The first-order chi connectivity index (χ1) is 14.1. The summed E-state index contributed by atoms with van der Waals surface area (Å²) in [6.45, 7) is 4.48. The summed E-state index contributed by atoms with van der Waals surface area (Å²) in [6.07, 6.45) is 1.30. The molecule has 1 N–H and O–H groups in total. The topological polar surface area (TPSA) is 76.1 Å². The Balaban J connectivity index is 1.69. The smallest absolute Gasteiger partial charge is 0.243 e. The molecular formula is C22H28ClNO5S. The highest BCUT2D eigenvalue weighted by Gasteiger charge is 2.35. The van der Waals surface area contributed by atoms with Gasteiger partial charge in [-0.2, -0.15) is 4.31 Å². The van der Waals surface area contributed by atoms with E-state index in [0.717, 1.165) is 11.1 Å². The summed E-state index contributed by atoms with van der Waals surface area (Å²) in [6, 6.07) is 10.1. The average molecular weight is 454 g/mol. The van der Waals surface area contributed by atoms with E-state index in [1.165, 1.54) is 17.5 Å². The van der Waals surface area contributed by atoms with Crippen LogP contribution in [-0.4, -0.2) is 50.2 Å². The van der Waals surface area contributed by atoms with Crippen LogP contribution in [0.25, 0.3) is 0 Å². The van der Waals surface area contributed by atoms with Crippen molar-refractivity contribution in [3.63, 3.8) is 0 Å². The lowest BCUT2D eigenvalue weighted by Gasteiger charge is -2.27. The van der Waals surface area contributed by atoms with Crippen LogP contribution in [-0.2, 0) is 10.0 Å². The van der Waals surface area contributed by atoms with Crippen LogP contribution in [0.2, 0.25) is 5.02 Å². The molecular weight excluding hydrogens is 426 g/mol. The number of rotatable bonds is 6. The Bertz CT molecular complexity index is 987. The SMILES string of the molecule is COc1cccc(S(=O)(=O)N2CCCC(O)(COc3cc(C)c(Cl)c(C)c3)CC2)c1. The van der Waals surface area contributed by atoms with Gasteiger partial charge in [0.15, 0.2) is 0 Å². The Labute approximate surface area is 183 Å². The highest BCUT2D eigenvalue weighted by atomic mass is 35.5. The van der Waals surface area contributed by atoms with Crippen LogP contribution in [0.1, 0.15) is 30.4 Å². The van der Waals surface area contributed by atoms with Crippen molar-refractivity contribution in [2.24, 2.45) is 0 Å². The molecule has 0 saturated carbocycles. The van der Waals surface area contributed by atoms with E-state index in [-0.39, 0.29) is 18.0 Å². The van der Waals surface area contributed by atoms with E-state index >= 15 is 0 Å². The van der Waals surface area contributed by atoms with Crippen molar-refractivity contribution in [2.75, 3.05) is 26.8 Å². The Hall–Kier alpha value is -1.80. The first-order valence-electron chi connectivity index (χ1n) is 9.91. The van der Waals surface area contributed by atoms with Crippen LogP contribution < -0.4 is 9.47 Å². The molecule has 1 saturated heterocycles. The Morgan fingerprint density at radius 1 is 1.10 bits per heavy atom. The van der Waals surface area contributed by atoms with Crippen molar-refractivity contribution in [1.82, 2.24) is 4.31 Å². The summed E-state index contributed by atoms with van der Waals surface area (Å²) < 4.78 is 38.5. The van der Waals surface area contributed by atoms with Crippen molar-refractivity contribution in [3.05, 3.63) is 52.5 Å². The molecule has 164 valence electrons. The number of nitrogens with zero attached hydrogens (tertiary/aromatic N) is 1. The zero-order chi connectivity index (χ0) is 21.9. The lowest BCUT2D eigenvalue weighted by molar-refractivity contribution is -0.0156. The van der Waals surface area contributed by atoms with Gasteiger partial charge in [-0.3, -0.25) is 0 Å². The summed E-state index contributed by atoms with van der Waals surface area (Å²) in [4.78, 5) is 0.190. The van der Waals surface area contributed by atoms with E-state index in [1.807, 2.05) is 26.0 Å². The largest absolute Gasteiger partial charge is 0.497 e. The Kier molecular flexibility index (Phi) is 6.97. The van der Waals surface area contributed by atoms with E-state index < -0.39 is 15.6 Å². The number of sulfonamides is 1. The third-order valence-electron chi connectivity index (χ3n) is 5.47. The van der Waals surface area contributed by atoms with Crippen molar-refractivity contribution in [1.29, 1.82) is 0 Å². The summed E-state index contributed by atoms with van der Waals surface area (Å²) in [7, 11) is -2.16. The molecule has 2 aromatic carbocycles. The second kappa shape index (κ2) is 9.14. The molecule has 1 aliphatic heterocycles. The number of ether oxygens (including phenoxy) is 2. The minimum Gasteiger partial charge on any atom is -0.497 e. The predicted octanol–water partition coefficient (Wildman–Crippen LogP) is 3.95. The highest BCUT2D eigenvalue weighted by molar-refractivity contribution is 7.89. The molecule has 0 radical (unpaired) electrons. The van der Waals surface area contributed by atoms with E-state index in [2.05, 4.69) is 0 Å². The molecule has 2 aromatic rings. The van der Waals surface area contributed by atoms with Gasteiger partial charge < -0.3 is 14.6 Å². The molecule has 1 heterocycles. The summed E-state index contributed by atoms with van der Waals surface area (Å²) >= 11 is 6.20. The Morgan fingerprint density at radius 3 is 2.47 bits per heavy atom. The van der Waals surface area contributed by atoms with Gasteiger partial charge in [-0.05, 0) is 68.5 Å². The number of methoxy groups -OCH3 is 1. The van der Waals surface area contributed by atoms with Crippen LogP contribution >= 0.6 is 11.6 Å². The summed E-state index contributed by atoms with van der Waals surface area (Å²) in [5.74, 6) is 1.14. The number of aryl methyl sites for hydroxylation is 2. The maximum absolute atomic E-state index is 13.1. The molecule has 6 nitrogen and oxygen atoms in total. The van der Waals surface area contributed by atoms with Crippen LogP contribution in [0.15, 0.2) is 41.3 Å². The number of hydrogen-bond acceptors (Lipinski definition) is 5. The number of benzene rings is 2. The van der Waals surface area contributed by atoms with Crippen molar-refractivity contribution < 1.29 is 23.0 Å². The van der Waals surface area contributed by atoms with Crippen molar-refractivity contribution in [3.8, 4) is 11.5 Å². The van der Waals surface area contributed by atoms with Gasteiger partial charge in [-0.25, -0.2) is 8.42 Å². The molecule has 1 aliphatic rings. The zero-order valence-electron chi connectivity index (χ0n) is 17.5. The third kappa shape index (κ3) is 5.09. The van der Waals surface area contributed by atoms with Crippen molar-refractivity contribution >= 4 is 21.6 Å². The van der Waals surface area contributed by atoms with E-state index in [0.29, 0.717) is 42.3 Å². The van der Waals surface area contributed by atoms with Gasteiger partial charge in [0.2, 0.25) is 10.0 Å². The average Bonchev–Trinajstić information content (AvgIpc) is 2.93. The molecule has 1 fully saturated rings. The van der Waals surface area contributed by atoms with Gasteiger partial charge in [0.05, 0.1) is 17.6 Å². The maximum Gasteiger partial charge on any atom is 0.243 e. The molecule has 0 spiro atoms. The standard InChI is InChI=1S/C22H28ClNO5S/c1-16-12-19(13-17(2)21(16)23)29-15-22(25)8-5-10-24(11-9-22)30(26,27)20-7-4-6-18(14-20)28-3/h4,6-7,12-14,25H,5,8-11,15H2,1-3H3. The maximum atomic E-state index is 13.1. The molecule has 3 rings (SSSR count). The van der Waals surface area contributed by atoms with Gasteiger partial charge in [0.1, 0.15) is 18.1 Å². The van der Waals surface area contributed by atoms with Gasteiger partial charge in [0.25, 0.3) is 0 Å². The normalized spacial score (nSPS) is 20.6. The predicted molar refractivity (Wildman–Crippen MR) is 117 cm³/mol. The lowest BCUT2D eigenvalue weighted by Crippen LogP contribution is -2.38. The molecule has 8 heteroatoms. The van der Waals surface area contributed by atoms with E-state index in [4.69, 9.17) is 21.1 Å². The third-order valence-corrected chi connectivity index (χ3v) is 7.96. The number of aliphatic hydroxyl groups is 1. The van der Waals surface area contributed by atoms with Gasteiger partial charge in [-0.1, -0.05) is 17.7 Å². The van der Waals surface area contributed by atoms with Crippen LogP contribution in [0, 0.1) is 13.8 Å². The van der Waals surface area contributed by atoms with Crippen LogP contribution in [0.5, 0.6) is 11.5 Å². The highest BCUT2D eigenvalue weighted by Crippen LogP contribution is 2.30. The minimum atomic E-state index is -3.66. The fraction of sp³-hybridized carbons (Fsp3) is 0.455. The summed E-state index contributed by atoms with van der Waals surface area (Å²) in [5.41, 5.74) is 0.727. The fourth-order valence-electron chi connectivity index (χ4n) is 3.66. The number of hydrogen-bond donors (Lipinski definition) is 1. The quantitative estimate of drug-likeness (QED) is 0.716. The van der Waals surface area contributed by atoms with Gasteiger partial charge in [0, 0.05) is 24.2 Å². The molecule has 1 unspecified atom stereocenters. The lowest BCUT2D eigenvalue weighted by atomic mass is 9.96. The minimum absolute atomic E-state index is 0.0978. The second-order valence-electron chi connectivity index (χ2n) is 7.82. The zero-order valence-corrected chi connectivity index (χ0v) is 19.1. The second-order valence-corrected chi connectivity index (χ2v) is 10.1. The molecule has 0 aromatic heterocycles. The Morgan fingerprint density at radius 2 is 1.80 bits per heavy atom. The fourth-order valence-corrected chi connectivity index (χ4v) is 5.28. The van der Waals surface area contributed by atoms with Gasteiger partial charge >= 0.3 is 0 Å².